The predicted octanol–water partition coefficient (Wildman–Crippen LogP) is 3.07. The van der Waals surface area contributed by atoms with Crippen LogP contribution in [0.25, 0.3) is 10.9 Å². The Bertz CT molecular complexity index is 777. The molecule has 3 aromatic rings. The van der Waals surface area contributed by atoms with Crippen LogP contribution in [0.5, 0.6) is 0 Å². The van der Waals surface area contributed by atoms with Crippen LogP contribution in [0.1, 0.15) is 34.6 Å². The lowest BCUT2D eigenvalue weighted by molar-refractivity contribution is 0.103. The second kappa shape index (κ2) is 5.50. The number of aromatic nitrogens is 2. The number of fused-ring (bicyclic) bond motifs is 1. The molecular formula is C17H17N3O. The molecule has 3 rings (SSSR count). The normalized spacial score (nSPS) is 12.5. The second-order valence-electron chi connectivity index (χ2n) is 5.06. The summed E-state index contributed by atoms with van der Waals surface area (Å²) < 4.78 is 0. The van der Waals surface area contributed by atoms with Gasteiger partial charge < -0.3 is 10.3 Å². The zero-order valence-electron chi connectivity index (χ0n) is 12.1. The second-order valence-corrected chi connectivity index (χ2v) is 5.06. The van der Waals surface area contributed by atoms with Crippen LogP contribution in [-0.4, -0.2) is 22.8 Å². The summed E-state index contributed by atoms with van der Waals surface area (Å²) in [7, 11) is 1.92. The van der Waals surface area contributed by atoms with Crippen molar-refractivity contribution in [3.8, 4) is 0 Å². The van der Waals surface area contributed by atoms with Crippen LogP contribution in [0.4, 0.5) is 0 Å². The van der Waals surface area contributed by atoms with Crippen molar-refractivity contribution >= 4 is 16.7 Å². The van der Waals surface area contributed by atoms with E-state index in [-0.39, 0.29) is 11.8 Å². The van der Waals surface area contributed by atoms with Crippen molar-refractivity contribution in [2.75, 3.05) is 7.05 Å². The van der Waals surface area contributed by atoms with Crippen molar-refractivity contribution in [1.82, 2.24) is 15.3 Å². The molecule has 0 fully saturated rings. The van der Waals surface area contributed by atoms with E-state index >= 15 is 0 Å². The predicted molar refractivity (Wildman–Crippen MR) is 83.4 cm³/mol. The fraction of sp³-hybridized carbons (Fsp3) is 0.176. The first kappa shape index (κ1) is 13.5. The maximum atomic E-state index is 12.5. The third-order valence-corrected chi connectivity index (χ3v) is 3.77. The summed E-state index contributed by atoms with van der Waals surface area (Å²) in [4.78, 5) is 20.0. The minimum absolute atomic E-state index is 0.0539. The Hall–Kier alpha value is -2.46. The first-order valence-electron chi connectivity index (χ1n) is 6.94. The van der Waals surface area contributed by atoms with Crippen LogP contribution in [-0.2, 0) is 0 Å². The van der Waals surface area contributed by atoms with E-state index in [1.165, 1.54) is 0 Å². The molecule has 21 heavy (non-hydrogen) atoms. The number of hydrogen-bond acceptors (Lipinski definition) is 3. The Labute approximate surface area is 123 Å². The number of carbonyl (C=O) groups is 1. The lowest BCUT2D eigenvalue weighted by Crippen LogP contribution is -2.11. The molecule has 2 N–H and O–H groups in total. The quantitative estimate of drug-likeness (QED) is 0.722. The molecule has 0 radical (unpaired) electrons. The fourth-order valence-electron chi connectivity index (χ4n) is 2.42. The van der Waals surface area contributed by atoms with Crippen molar-refractivity contribution in [2.24, 2.45) is 0 Å². The zero-order chi connectivity index (χ0) is 14.8. The van der Waals surface area contributed by atoms with Crippen LogP contribution in [0, 0.1) is 0 Å². The van der Waals surface area contributed by atoms with Gasteiger partial charge in [-0.3, -0.25) is 9.78 Å². The summed E-state index contributed by atoms with van der Waals surface area (Å²) in [5.74, 6) is -0.0539. The van der Waals surface area contributed by atoms with Crippen molar-refractivity contribution in [1.29, 1.82) is 0 Å². The van der Waals surface area contributed by atoms with E-state index in [1.807, 2.05) is 49.6 Å². The lowest BCUT2D eigenvalue weighted by Gasteiger charge is -2.09. The van der Waals surface area contributed by atoms with E-state index < -0.39 is 0 Å². The van der Waals surface area contributed by atoms with E-state index in [0.717, 1.165) is 16.5 Å². The minimum atomic E-state index is -0.0539. The minimum Gasteiger partial charge on any atom is -0.360 e. The van der Waals surface area contributed by atoms with Crippen LogP contribution >= 0.6 is 0 Å². The van der Waals surface area contributed by atoms with Gasteiger partial charge in [-0.25, -0.2) is 0 Å². The van der Waals surface area contributed by atoms with Gasteiger partial charge in [0.05, 0.1) is 11.7 Å². The van der Waals surface area contributed by atoms with Gasteiger partial charge in [-0.2, -0.15) is 0 Å². The number of H-pyrrole nitrogens is 1. The average Bonchev–Trinajstić information content (AvgIpc) is 2.97. The van der Waals surface area contributed by atoms with Crippen molar-refractivity contribution < 1.29 is 4.79 Å². The van der Waals surface area contributed by atoms with Gasteiger partial charge in [0.2, 0.25) is 5.78 Å². The van der Waals surface area contributed by atoms with E-state index in [1.54, 1.807) is 6.20 Å². The van der Waals surface area contributed by atoms with Crippen LogP contribution in [0.3, 0.4) is 0 Å². The lowest BCUT2D eigenvalue weighted by atomic mass is 10.0. The maximum Gasteiger partial charge on any atom is 0.211 e. The van der Waals surface area contributed by atoms with Gasteiger partial charge in [-0.05, 0) is 25.6 Å². The SMILES string of the molecule is CNC(C)c1c[nH]c2cnc(C(=O)c3ccccc3)cc12. The van der Waals surface area contributed by atoms with E-state index in [0.29, 0.717) is 11.3 Å². The number of nitrogens with zero attached hydrogens (tertiary/aromatic N) is 1. The third-order valence-electron chi connectivity index (χ3n) is 3.77. The van der Waals surface area contributed by atoms with Gasteiger partial charge in [-0.15, -0.1) is 0 Å². The smallest absolute Gasteiger partial charge is 0.211 e. The molecule has 0 amide bonds. The standard InChI is InChI=1S/C17H17N3O/c1-11(18-2)14-9-19-16-10-20-15(8-13(14)16)17(21)12-6-4-3-5-7-12/h3-11,18-19H,1-2H3. The molecule has 4 nitrogen and oxygen atoms in total. The van der Waals surface area contributed by atoms with Crippen molar-refractivity contribution in [2.45, 2.75) is 13.0 Å². The van der Waals surface area contributed by atoms with E-state index in [2.05, 4.69) is 22.2 Å². The number of carbonyl (C=O) groups excluding carboxylic acids is 1. The summed E-state index contributed by atoms with van der Waals surface area (Å²) in [6, 6.07) is 11.3. The molecule has 0 saturated heterocycles. The van der Waals surface area contributed by atoms with Gasteiger partial charge >= 0.3 is 0 Å². The van der Waals surface area contributed by atoms with Gasteiger partial charge in [-0.1, -0.05) is 30.3 Å². The molecule has 1 unspecified atom stereocenters. The summed E-state index contributed by atoms with van der Waals surface area (Å²) in [6.07, 6.45) is 3.68. The highest BCUT2D eigenvalue weighted by molar-refractivity contribution is 6.09. The van der Waals surface area contributed by atoms with Crippen molar-refractivity contribution in [3.05, 3.63) is 65.6 Å². The first-order chi connectivity index (χ1) is 10.2. The molecular weight excluding hydrogens is 262 g/mol. The molecule has 0 saturated carbocycles. The average molecular weight is 279 g/mol. The molecule has 0 aliphatic heterocycles. The molecule has 0 spiro atoms. The molecule has 1 aromatic carbocycles. The molecule has 2 heterocycles. The number of aromatic amines is 1. The topological polar surface area (TPSA) is 57.8 Å². The number of ketones is 1. The van der Waals surface area contributed by atoms with E-state index in [4.69, 9.17) is 0 Å². The van der Waals surface area contributed by atoms with Crippen LogP contribution in [0.2, 0.25) is 0 Å². The monoisotopic (exact) mass is 279 g/mol. The van der Waals surface area contributed by atoms with Gasteiger partial charge in [0, 0.05) is 23.2 Å². The summed E-state index contributed by atoms with van der Waals surface area (Å²) >= 11 is 0. The molecule has 4 heteroatoms. The van der Waals surface area contributed by atoms with Crippen LogP contribution in [0.15, 0.2) is 48.8 Å². The van der Waals surface area contributed by atoms with Gasteiger partial charge in [0.15, 0.2) is 0 Å². The Kier molecular flexibility index (Phi) is 3.54. The highest BCUT2D eigenvalue weighted by atomic mass is 16.1. The number of rotatable bonds is 4. The van der Waals surface area contributed by atoms with Crippen molar-refractivity contribution in [3.63, 3.8) is 0 Å². The first-order valence-corrected chi connectivity index (χ1v) is 6.94. The molecule has 2 aromatic heterocycles. The number of nitrogens with one attached hydrogen (secondary N) is 2. The fourth-order valence-corrected chi connectivity index (χ4v) is 2.42. The number of hydrogen-bond donors (Lipinski definition) is 2. The summed E-state index contributed by atoms with van der Waals surface area (Å²) in [5.41, 5.74) is 3.20. The van der Waals surface area contributed by atoms with Gasteiger partial charge in [0.25, 0.3) is 0 Å². The Morgan fingerprint density at radius 3 is 2.76 bits per heavy atom. The highest BCUT2D eigenvalue weighted by Crippen LogP contribution is 2.24. The maximum absolute atomic E-state index is 12.5. The Balaban J connectivity index is 2.06. The molecule has 0 aliphatic carbocycles. The Morgan fingerprint density at radius 2 is 2.05 bits per heavy atom. The Morgan fingerprint density at radius 1 is 1.29 bits per heavy atom. The third kappa shape index (κ3) is 2.45. The van der Waals surface area contributed by atoms with Gasteiger partial charge in [0.1, 0.15) is 5.69 Å². The highest BCUT2D eigenvalue weighted by Gasteiger charge is 2.14. The number of benzene rings is 1. The van der Waals surface area contributed by atoms with Crippen LogP contribution < -0.4 is 5.32 Å². The number of pyridine rings is 1. The summed E-state index contributed by atoms with van der Waals surface area (Å²) in [6.45, 7) is 2.09. The largest absolute Gasteiger partial charge is 0.360 e. The molecule has 0 bridgehead atoms. The molecule has 106 valence electrons. The molecule has 0 aliphatic rings. The summed E-state index contributed by atoms with van der Waals surface area (Å²) in [5, 5.41) is 4.25. The zero-order valence-corrected chi connectivity index (χ0v) is 12.1. The molecule has 1 atom stereocenters. The van der Waals surface area contributed by atoms with E-state index in [9.17, 15) is 4.79 Å².